The van der Waals surface area contributed by atoms with Crippen molar-refractivity contribution in [1.29, 1.82) is 0 Å². The van der Waals surface area contributed by atoms with Crippen molar-refractivity contribution in [2.75, 3.05) is 0 Å². The van der Waals surface area contributed by atoms with E-state index >= 15 is 0 Å². The summed E-state index contributed by atoms with van der Waals surface area (Å²) in [7, 11) is 0. The van der Waals surface area contributed by atoms with Crippen LogP contribution in [0.2, 0.25) is 10.0 Å². The molecule has 0 amide bonds. The van der Waals surface area contributed by atoms with Crippen LogP contribution in [-0.2, 0) is 6.42 Å². The Labute approximate surface area is 171 Å². The van der Waals surface area contributed by atoms with Gasteiger partial charge >= 0.3 is 5.97 Å². The number of rotatable bonds is 5. The molecule has 0 bridgehead atoms. The van der Waals surface area contributed by atoms with E-state index in [1.807, 2.05) is 24.3 Å². The van der Waals surface area contributed by atoms with Gasteiger partial charge in [-0.2, -0.15) is 9.78 Å². The smallest absolute Gasteiger partial charge is 0.346 e. The highest BCUT2D eigenvalue weighted by Gasteiger charge is 2.19. The molecule has 2 heterocycles. The van der Waals surface area contributed by atoms with Crippen molar-refractivity contribution in [1.82, 2.24) is 19.7 Å². The van der Waals surface area contributed by atoms with Crippen molar-refractivity contribution >= 4 is 40.2 Å². The van der Waals surface area contributed by atoms with Gasteiger partial charge in [0.25, 0.3) is 0 Å². The van der Waals surface area contributed by atoms with Crippen LogP contribution in [0.3, 0.4) is 0 Å². The molecule has 0 aliphatic carbocycles. The summed E-state index contributed by atoms with van der Waals surface area (Å²) >= 11 is 12.0. The molecule has 0 spiro atoms. The molecule has 8 heteroatoms. The van der Waals surface area contributed by atoms with Gasteiger partial charge in [0.05, 0.1) is 27.3 Å². The third-order valence-electron chi connectivity index (χ3n) is 4.16. The SMILES string of the molecule is CCCc1cc(OC(=O)c2ccc(Cl)cc2Cl)n(-c2nc3ccccc3[nH]2)n1. The zero-order valence-electron chi connectivity index (χ0n) is 14.9. The minimum Gasteiger partial charge on any atom is -0.404 e. The molecule has 0 saturated carbocycles. The van der Waals surface area contributed by atoms with Crippen LogP contribution in [0.15, 0.2) is 48.5 Å². The van der Waals surface area contributed by atoms with Gasteiger partial charge in [-0.05, 0) is 36.8 Å². The Balaban J connectivity index is 1.72. The Morgan fingerprint density at radius 3 is 2.75 bits per heavy atom. The molecule has 0 aliphatic heterocycles. The van der Waals surface area contributed by atoms with E-state index in [0.717, 1.165) is 29.6 Å². The zero-order valence-corrected chi connectivity index (χ0v) is 16.5. The summed E-state index contributed by atoms with van der Waals surface area (Å²) < 4.78 is 7.10. The van der Waals surface area contributed by atoms with Crippen molar-refractivity contribution in [3.63, 3.8) is 0 Å². The average Bonchev–Trinajstić information content (AvgIpc) is 3.25. The van der Waals surface area contributed by atoms with Gasteiger partial charge in [-0.3, -0.25) is 0 Å². The number of carbonyl (C=O) groups excluding carboxylic acids is 1. The summed E-state index contributed by atoms with van der Waals surface area (Å²) in [6.45, 7) is 2.05. The number of aromatic amines is 1. The molecule has 1 N–H and O–H groups in total. The highest BCUT2D eigenvalue weighted by Crippen LogP contribution is 2.25. The Morgan fingerprint density at radius 1 is 1.18 bits per heavy atom. The lowest BCUT2D eigenvalue weighted by Crippen LogP contribution is -2.12. The van der Waals surface area contributed by atoms with Crippen molar-refractivity contribution in [3.05, 3.63) is 69.8 Å². The van der Waals surface area contributed by atoms with E-state index < -0.39 is 5.97 Å². The monoisotopic (exact) mass is 414 g/mol. The van der Waals surface area contributed by atoms with Crippen LogP contribution in [-0.4, -0.2) is 25.7 Å². The number of aryl methyl sites for hydroxylation is 1. The van der Waals surface area contributed by atoms with E-state index in [9.17, 15) is 4.79 Å². The largest absolute Gasteiger partial charge is 0.404 e. The molecule has 4 aromatic rings. The van der Waals surface area contributed by atoms with E-state index in [2.05, 4.69) is 22.0 Å². The second kappa shape index (κ2) is 7.66. The van der Waals surface area contributed by atoms with Crippen LogP contribution >= 0.6 is 23.2 Å². The lowest BCUT2D eigenvalue weighted by Gasteiger charge is -2.07. The first-order valence-corrected chi connectivity index (χ1v) is 9.52. The second-order valence-corrected chi connectivity index (χ2v) is 7.07. The third-order valence-corrected chi connectivity index (χ3v) is 4.71. The van der Waals surface area contributed by atoms with Gasteiger partial charge in [0, 0.05) is 11.1 Å². The number of halogens is 2. The minimum atomic E-state index is -0.595. The topological polar surface area (TPSA) is 72.8 Å². The first-order chi connectivity index (χ1) is 13.5. The highest BCUT2D eigenvalue weighted by atomic mass is 35.5. The fourth-order valence-corrected chi connectivity index (χ4v) is 3.34. The summed E-state index contributed by atoms with van der Waals surface area (Å²) in [4.78, 5) is 20.4. The van der Waals surface area contributed by atoms with Gasteiger partial charge < -0.3 is 9.72 Å². The number of fused-ring (bicyclic) bond motifs is 1. The molecule has 2 aromatic heterocycles. The minimum absolute atomic E-state index is 0.223. The van der Waals surface area contributed by atoms with E-state index in [1.54, 1.807) is 12.1 Å². The maximum atomic E-state index is 12.6. The maximum absolute atomic E-state index is 12.6. The molecule has 2 aromatic carbocycles. The van der Waals surface area contributed by atoms with E-state index in [-0.39, 0.29) is 16.5 Å². The molecule has 0 aliphatic rings. The fraction of sp³-hybridized carbons (Fsp3) is 0.150. The number of carbonyl (C=O) groups is 1. The van der Waals surface area contributed by atoms with Crippen molar-refractivity contribution in [2.45, 2.75) is 19.8 Å². The third kappa shape index (κ3) is 3.61. The predicted octanol–water partition coefficient (Wildman–Crippen LogP) is 5.23. The van der Waals surface area contributed by atoms with Crippen LogP contribution in [0.25, 0.3) is 17.0 Å². The summed E-state index contributed by atoms with van der Waals surface area (Å²) in [6, 6.07) is 14.0. The number of hydrogen-bond acceptors (Lipinski definition) is 4. The predicted molar refractivity (Wildman–Crippen MR) is 109 cm³/mol. The molecule has 4 rings (SSSR count). The van der Waals surface area contributed by atoms with Crippen LogP contribution in [0.1, 0.15) is 29.4 Å². The maximum Gasteiger partial charge on any atom is 0.346 e. The van der Waals surface area contributed by atoms with Gasteiger partial charge in [0.1, 0.15) is 0 Å². The zero-order chi connectivity index (χ0) is 19.7. The average molecular weight is 415 g/mol. The first kappa shape index (κ1) is 18.5. The first-order valence-electron chi connectivity index (χ1n) is 8.76. The lowest BCUT2D eigenvalue weighted by molar-refractivity contribution is 0.0723. The molecule has 28 heavy (non-hydrogen) atoms. The second-order valence-electron chi connectivity index (χ2n) is 6.23. The number of H-pyrrole nitrogens is 1. The number of nitrogens with one attached hydrogen (secondary N) is 1. The number of benzene rings is 2. The summed E-state index contributed by atoms with van der Waals surface area (Å²) in [5.74, 6) is 0.133. The number of nitrogens with zero attached hydrogens (tertiary/aromatic N) is 3. The Bertz CT molecular complexity index is 1130. The molecular weight excluding hydrogens is 399 g/mol. The number of esters is 1. The van der Waals surface area contributed by atoms with Gasteiger partial charge in [-0.1, -0.05) is 48.7 Å². The summed E-state index contributed by atoms with van der Waals surface area (Å²) in [6.07, 6.45) is 1.66. The van der Waals surface area contributed by atoms with E-state index in [4.69, 9.17) is 27.9 Å². The standard InChI is InChI=1S/C20H16Cl2N4O2/c1-2-5-13-11-18(28-19(27)14-9-8-12(21)10-15(14)22)26(25-13)20-23-16-6-3-4-7-17(16)24-20/h3-4,6-11H,2,5H2,1H3,(H,23,24). The lowest BCUT2D eigenvalue weighted by atomic mass is 10.2. The molecule has 0 unspecified atom stereocenters. The quantitative estimate of drug-likeness (QED) is 0.453. The molecule has 0 atom stereocenters. The van der Waals surface area contributed by atoms with Crippen LogP contribution in [0, 0.1) is 0 Å². The normalized spacial score (nSPS) is 11.1. The fourth-order valence-electron chi connectivity index (χ4n) is 2.86. The van der Waals surface area contributed by atoms with Crippen LogP contribution < -0.4 is 4.74 Å². The molecule has 0 fully saturated rings. The van der Waals surface area contributed by atoms with Gasteiger partial charge in [-0.25, -0.2) is 9.78 Å². The van der Waals surface area contributed by atoms with Gasteiger partial charge in [0.15, 0.2) is 0 Å². The number of ether oxygens (including phenoxy) is 1. The van der Waals surface area contributed by atoms with Gasteiger partial charge in [-0.15, -0.1) is 0 Å². The molecular formula is C20H16Cl2N4O2. The summed E-state index contributed by atoms with van der Waals surface area (Å²) in [5.41, 5.74) is 2.68. The van der Waals surface area contributed by atoms with Crippen LogP contribution in [0.4, 0.5) is 0 Å². The van der Waals surface area contributed by atoms with Gasteiger partial charge in [0.2, 0.25) is 11.8 Å². The Morgan fingerprint density at radius 2 is 2.00 bits per heavy atom. The molecule has 142 valence electrons. The Kier molecular flexibility index (Phi) is 5.07. The van der Waals surface area contributed by atoms with Crippen molar-refractivity contribution < 1.29 is 9.53 Å². The number of aromatic nitrogens is 4. The highest BCUT2D eigenvalue weighted by molar-refractivity contribution is 6.36. The molecule has 0 radical (unpaired) electrons. The van der Waals surface area contributed by atoms with Crippen molar-refractivity contribution in [2.24, 2.45) is 0 Å². The van der Waals surface area contributed by atoms with E-state index in [1.165, 1.54) is 16.8 Å². The molecule has 0 saturated heterocycles. The number of hydrogen-bond donors (Lipinski definition) is 1. The van der Waals surface area contributed by atoms with E-state index in [0.29, 0.717) is 11.0 Å². The van der Waals surface area contributed by atoms with Crippen LogP contribution in [0.5, 0.6) is 5.88 Å². The van der Waals surface area contributed by atoms with Crippen molar-refractivity contribution in [3.8, 4) is 11.8 Å². The molecule has 6 nitrogen and oxygen atoms in total. The number of para-hydroxylation sites is 2. The number of imidazole rings is 1. The Hall–Kier alpha value is -2.83. The summed E-state index contributed by atoms with van der Waals surface area (Å²) in [5, 5.41) is 5.21.